The molecule has 2 heterocycles. The van der Waals surface area contributed by atoms with E-state index in [1.165, 1.54) is 31.6 Å². The van der Waals surface area contributed by atoms with Crippen LogP contribution in [0.2, 0.25) is 0 Å². The molecule has 1 aliphatic heterocycles. The molecule has 8 nitrogen and oxygen atoms in total. The maximum Gasteiger partial charge on any atom is 0.328 e. The second-order valence-corrected chi connectivity index (χ2v) is 5.06. The Morgan fingerprint density at radius 2 is 1.80 bits per heavy atom. The maximum absolute atomic E-state index is 12.5. The SMILES string of the molecule is COc1ccc2occ(C=CC=C3C(=O)NC(=O)NC3=O)c(=O)c2c1. The number of hydrogen-bond acceptors (Lipinski definition) is 6. The quantitative estimate of drug-likeness (QED) is 0.639. The fourth-order valence-corrected chi connectivity index (χ4v) is 2.24. The zero-order chi connectivity index (χ0) is 18.0. The van der Waals surface area contributed by atoms with Gasteiger partial charge in [0.05, 0.1) is 18.1 Å². The highest BCUT2D eigenvalue weighted by molar-refractivity contribution is 6.29. The van der Waals surface area contributed by atoms with Crippen LogP contribution in [0.1, 0.15) is 5.56 Å². The van der Waals surface area contributed by atoms with Crippen LogP contribution in [-0.4, -0.2) is 25.0 Å². The molecule has 4 amide bonds. The van der Waals surface area contributed by atoms with Crippen molar-refractivity contribution in [2.75, 3.05) is 7.11 Å². The summed E-state index contributed by atoms with van der Waals surface area (Å²) >= 11 is 0. The highest BCUT2D eigenvalue weighted by atomic mass is 16.5. The predicted octanol–water partition coefficient (Wildman–Crippen LogP) is 1.11. The molecule has 0 atom stereocenters. The zero-order valence-electron chi connectivity index (χ0n) is 13.0. The fraction of sp³-hybridized carbons (Fsp3) is 0.0588. The lowest BCUT2D eigenvalue weighted by atomic mass is 10.1. The molecule has 0 unspecified atom stereocenters. The van der Waals surface area contributed by atoms with E-state index in [1.54, 1.807) is 18.2 Å². The third-order valence-electron chi connectivity index (χ3n) is 3.49. The Balaban J connectivity index is 1.94. The summed E-state index contributed by atoms with van der Waals surface area (Å²) in [5.74, 6) is -1.11. The molecular weight excluding hydrogens is 328 g/mol. The number of carbonyl (C=O) groups is 3. The van der Waals surface area contributed by atoms with Crippen molar-refractivity contribution in [3.63, 3.8) is 0 Å². The van der Waals surface area contributed by atoms with Gasteiger partial charge in [-0.1, -0.05) is 6.08 Å². The van der Waals surface area contributed by atoms with E-state index in [1.807, 2.05) is 10.6 Å². The molecule has 0 saturated carbocycles. The van der Waals surface area contributed by atoms with Crippen molar-refractivity contribution in [3.05, 3.63) is 58.0 Å². The number of methoxy groups -OCH3 is 1. The number of barbiturate groups is 1. The number of amides is 4. The molecule has 3 rings (SSSR count). The third-order valence-corrected chi connectivity index (χ3v) is 3.49. The molecule has 25 heavy (non-hydrogen) atoms. The molecule has 2 N–H and O–H groups in total. The molecule has 0 radical (unpaired) electrons. The number of benzene rings is 1. The van der Waals surface area contributed by atoms with Crippen molar-refractivity contribution in [1.82, 2.24) is 10.6 Å². The minimum absolute atomic E-state index is 0.227. The first-order valence-electron chi connectivity index (χ1n) is 7.14. The summed E-state index contributed by atoms with van der Waals surface area (Å²) in [5, 5.41) is 4.24. The molecular formula is C17H12N2O6. The van der Waals surface area contributed by atoms with E-state index in [4.69, 9.17) is 9.15 Å². The first kappa shape index (κ1) is 16.2. The first-order valence-corrected chi connectivity index (χ1v) is 7.14. The van der Waals surface area contributed by atoms with E-state index < -0.39 is 17.8 Å². The summed E-state index contributed by atoms with van der Waals surface area (Å²) in [6.45, 7) is 0. The molecule has 1 aromatic heterocycles. The van der Waals surface area contributed by atoms with Gasteiger partial charge in [-0.2, -0.15) is 0 Å². The van der Waals surface area contributed by atoms with E-state index in [-0.39, 0.29) is 16.6 Å². The van der Waals surface area contributed by atoms with Gasteiger partial charge >= 0.3 is 6.03 Å². The van der Waals surface area contributed by atoms with Crippen LogP contribution in [0.3, 0.4) is 0 Å². The number of nitrogens with one attached hydrogen (secondary N) is 2. The molecule has 1 aliphatic rings. The van der Waals surface area contributed by atoms with Gasteiger partial charge in [0.25, 0.3) is 11.8 Å². The average molecular weight is 340 g/mol. The summed E-state index contributed by atoms with van der Waals surface area (Å²) in [7, 11) is 1.49. The average Bonchev–Trinajstić information content (AvgIpc) is 2.58. The number of urea groups is 1. The molecule has 126 valence electrons. The number of rotatable bonds is 3. The van der Waals surface area contributed by atoms with Crippen LogP contribution >= 0.6 is 0 Å². The lowest BCUT2D eigenvalue weighted by molar-refractivity contribution is -0.124. The summed E-state index contributed by atoms with van der Waals surface area (Å²) in [5.41, 5.74) is 0.0985. The van der Waals surface area contributed by atoms with Gasteiger partial charge in [-0.25, -0.2) is 4.79 Å². The van der Waals surface area contributed by atoms with Crippen LogP contribution in [0.4, 0.5) is 4.79 Å². The molecule has 1 aromatic carbocycles. The first-order chi connectivity index (χ1) is 12.0. The fourth-order valence-electron chi connectivity index (χ4n) is 2.24. The highest BCUT2D eigenvalue weighted by Gasteiger charge is 2.26. The van der Waals surface area contributed by atoms with E-state index in [2.05, 4.69) is 0 Å². The van der Waals surface area contributed by atoms with Gasteiger partial charge < -0.3 is 9.15 Å². The van der Waals surface area contributed by atoms with Crippen molar-refractivity contribution in [2.45, 2.75) is 0 Å². The minimum Gasteiger partial charge on any atom is -0.497 e. The largest absolute Gasteiger partial charge is 0.497 e. The lowest BCUT2D eigenvalue weighted by Crippen LogP contribution is -2.51. The topological polar surface area (TPSA) is 115 Å². The maximum atomic E-state index is 12.5. The number of imide groups is 2. The van der Waals surface area contributed by atoms with Gasteiger partial charge in [-0.15, -0.1) is 0 Å². The zero-order valence-corrected chi connectivity index (χ0v) is 13.0. The van der Waals surface area contributed by atoms with Crippen LogP contribution in [0, 0.1) is 0 Å². The van der Waals surface area contributed by atoms with E-state index >= 15 is 0 Å². The summed E-state index contributed by atoms with van der Waals surface area (Å²) in [6.07, 6.45) is 5.22. The van der Waals surface area contributed by atoms with Crippen molar-refractivity contribution in [3.8, 4) is 5.75 Å². The number of allylic oxidation sites excluding steroid dienone is 2. The minimum atomic E-state index is -0.875. The van der Waals surface area contributed by atoms with Crippen LogP contribution < -0.4 is 20.8 Å². The lowest BCUT2D eigenvalue weighted by Gasteiger charge is -2.12. The Labute approximate surface area is 140 Å². The Morgan fingerprint density at radius 3 is 2.48 bits per heavy atom. The summed E-state index contributed by atoms with van der Waals surface area (Å²) in [6, 6.07) is 3.98. The normalized spacial score (nSPS) is 14.6. The Morgan fingerprint density at radius 1 is 1.08 bits per heavy atom. The van der Waals surface area contributed by atoms with Gasteiger partial charge in [0.2, 0.25) is 0 Å². The summed E-state index contributed by atoms with van der Waals surface area (Å²) < 4.78 is 10.5. The Hall–Kier alpha value is -3.68. The van der Waals surface area contributed by atoms with E-state index in [0.717, 1.165) is 0 Å². The van der Waals surface area contributed by atoms with Crippen LogP contribution in [-0.2, 0) is 9.59 Å². The smallest absolute Gasteiger partial charge is 0.328 e. The van der Waals surface area contributed by atoms with E-state index in [0.29, 0.717) is 16.7 Å². The van der Waals surface area contributed by atoms with E-state index in [9.17, 15) is 19.2 Å². The van der Waals surface area contributed by atoms with Crippen molar-refractivity contribution in [1.29, 1.82) is 0 Å². The Bertz CT molecular complexity index is 993. The molecule has 2 aromatic rings. The third kappa shape index (κ3) is 3.18. The van der Waals surface area contributed by atoms with Gasteiger partial charge in [0.1, 0.15) is 23.2 Å². The van der Waals surface area contributed by atoms with Gasteiger partial charge in [0, 0.05) is 0 Å². The van der Waals surface area contributed by atoms with Crippen LogP contribution in [0.15, 0.2) is 51.4 Å². The second kappa shape index (κ2) is 6.44. The molecule has 0 bridgehead atoms. The second-order valence-electron chi connectivity index (χ2n) is 5.06. The highest BCUT2D eigenvalue weighted by Crippen LogP contribution is 2.18. The molecule has 0 spiro atoms. The molecule has 8 heteroatoms. The molecule has 0 aliphatic carbocycles. The van der Waals surface area contributed by atoms with Crippen LogP contribution in [0.25, 0.3) is 17.0 Å². The van der Waals surface area contributed by atoms with Gasteiger partial charge in [0.15, 0.2) is 5.43 Å². The number of ether oxygens (including phenoxy) is 1. The Kier molecular flexibility index (Phi) is 4.17. The standard InChI is InChI=1S/C17H12N2O6/c1-24-10-5-6-13-12(7-10)14(20)9(8-25-13)3-2-4-11-15(21)18-17(23)19-16(11)22/h2-8H,1H3,(H2,18,19,21,22,23). The van der Waals surface area contributed by atoms with Crippen molar-refractivity contribution >= 4 is 34.9 Å². The monoisotopic (exact) mass is 340 g/mol. The van der Waals surface area contributed by atoms with Gasteiger partial charge in [-0.3, -0.25) is 25.0 Å². The molecule has 1 saturated heterocycles. The number of fused-ring (bicyclic) bond motifs is 1. The van der Waals surface area contributed by atoms with Crippen molar-refractivity contribution in [2.24, 2.45) is 0 Å². The molecule has 1 fully saturated rings. The van der Waals surface area contributed by atoms with Gasteiger partial charge in [-0.05, 0) is 30.4 Å². The summed E-state index contributed by atoms with van der Waals surface area (Å²) in [4.78, 5) is 46.6. The predicted molar refractivity (Wildman–Crippen MR) is 87.8 cm³/mol. The van der Waals surface area contributed by atoms with Crippen LogP contribution in [0.5, 0.6) is 5.75 Å². The number of hydrogen-bond donors (Lipinski definition) is 2. The van der Waals surface area contributed by atoms with Crippen molar-refractivity contribution < 1.29 is 23.5 Å². The number of carbonyl (C=O) groups excluding carboxylic acids is 3.